The Kier molecular flexibility index (Phi) is 6.09. The number of hydrogen-bond donors (Lipinski definition) is 2. The Bertz CT molecular complexity index is 1060. The molecule has 0 aromatic heterocycles. The van der Waals surface area contributed by atoms with Crippen LogP contribution in [0.4, 0.5) is 11.4 Å². The molecule has 6 nitrogen and oxygen atoms in total. The lowest BCUT2D eigenvalue weighted by Crippen LogP contribution is -2.42. The number of para-hydroxylation sites is 1. The summed E-state index contributed by atoms with van der Waals surface area (Å²) in [5, 5.41) is 5.76. The lowest BCUT2D eigenvalue weighted by molar-refractivity contribution is -0.140. The summed E-state index contributed by atoms with van der Waals surface area (Å²) in [7, 11) is 0. The van der Waals surface area contributed by atoms with E-state index in [0.717, 1.165) is 37.7 Å². The minimum absolute atomic E-state index is 0.0703. The number of nitrogens with one attached hydrogen (secondary N) is 2. The van der Waals surface area contributed by atoms with E-state index in [-0.39, 0.29) is 22.7 Å². The molecule has 0 spiro atoms. The normalized spacial score (nSPS) is 17.3. The van der Waals surface area contributed by atoms with Gasteiger partial charge in [-0.15, -0.1) is 0 Å². The smallest absolute Gasteiger partial charge is 0.279 e. The molecule has 2 aromatic carbocycles. The monoisotopic (exact) mass is 437 g/mol. The van der Waals surface area contributed by atoms with E-state index in [9.17, 15) is 14.4 Å². The minimum Gasteiger partial charge on any atom is -0.349 e. The van der Waals surface area contributed by atoms with Gasteiger partial charge in [0.2, 0.25) is 0 Å². The summed E-state index contributed by atoms with van der Waals surface area (Å²) in [5.74, 6) is -1.12. The van der Waals surface area contributed by atoms with Crippen LogP contribution in [0, 0.1) is 6.92 Å². The van der Waals surface area contributed by atoms with Gasteiger partial charge in [0.25, 0.3) is 17.7 Å². The molecule has 2 aromatic rings. The van der Waals surface area contributed by atoms with Crippen LogP contribution in [0.2, 0.25) is 0 Å². The number of rotatable bonds is 5. The van der Waals surface area contributed by atoms with Gasteiger partial charge >= 0.3 is 0 Å². The third-order valence-electron chi connectivity index (χ3n) is 5.79. The molecule has 7 heteroatoms. The fourth-order valence-electron chi connectivity index (χ4n) is 4.06. The first-order valence-electron chi connectivity index (χ1n) is 10.5. The van der Waals surface area contributed by atoms with Crippen molar-refractivity contribution in [3.8, 4) is 0 Å². The van der Waals surface area contributed by atoms with Crippen molar-refractivity contribution in [3.63, 3.8) is 0 Å². The quantitative estimate of drug-likeness (QED) is 0.658. The third-order valence-corrected chi connectivity index (χ3v) is 6.14. The summed E-state index contributed by atoms with van der Waals surface area (Å²) >= 11 is 6.28. The Morgan fingerprint density at radius 3 is 2.42 bits per heavy atom. The van der Waals surface area contributed by atoms with Crippen molar-refractivity contribution >= 4 is 40.7 Å². The summed E-state index contributed by atoms with van der Waals surface area (Å²) in [6.45, 7) is 1.86. The first kappa shape index (κ1) is 21.1. The Balaban J connectivity index is 1.54. The summed E-state index contributed by atoms with van der Waals surface area (Å²) in [6.07, 6.45) is 4.74. The number of hydrogen-bond acceptors (Lipinski definition) is 4. The third kappa shape index (κ3) is 4.35. The van der Waals surface area contributed by atoms with E-state index >= 15 is 0 Å². The maximum absolute atomic E-state index is 13.0. The first-order valence-corrected chi connectivity index (χ1v) is 10.8. The van der Waals surface area contributed by atoms with Crippen molar-refractivity contribution in [2.45, 2.75) is 45.1 Å². The number of aryl methyl sites for hydroxylation is 1. The first-order chi connectivity index (χ1) is 15.0. The van der Waals surface area contributed by atoms with Crippen LogP contribution in [-0.4, -0.2) is 28.7 Å². The van der Waals surface area contributed by atoms with Crippen LogP contribution in [0.3, 0.4) is 0 Å². The van der Waals surface area contributed by atoms with Gasteiger partial charge in [0.05, 0.1) is 0 Å². The van der Waals surface area contributed by atoms with Crippen molar-refractivity contribution in [3.05, 3.63) is 70.4 Å². The molecule has 2 aliphatic rings. The molecule has 0 radical (unpaired) electrons. The summed E-state index contributed by atoms with van der Waals surface area (Å²) < 4.78 is 0. The van der Waals surface area contributed by atoms with E-state index in [0.29, 0.717) is 16.9 Å². The highest BCUT2D eigenvalue weighted by atomic mass is 35.5. The molecule has 0 bridgehead atoms. The van der Waals surface area contributed by atoms with E-state index in [4.69, 9.17) is 11.6 Å². The van der Waals surface area contributed by atoms with Crippen LogP contribution < -0.4 is 10.6 Å². The summed E-state index contributed by atoms with van der Waals surface area (Å²) in [4.78, 5) is 39.7. The molecule has 0 atom stereocenters. The maximum atomic E-state index is 13.0. The van der Waals surface area contributed by atoms with Gasteiger partial charge in [-0.1, -0.05) is 55.1 Å². The molecule has 1 heterocycles. The highest BCUT2D eigenvalue weighted by Gasteiger charge is 2.42. The average molecular weight is 438 g/mol. The van der Waals surface area contributed by atoms with Gasteiger partial charge in [-0.05, 0) is 49.6 Å². The van der Waals surface area contributed by atoms with Gasteiger partial charge in [0.15, 0.2) is 0 Å². The zero-order chi connectivity index (χ0) is 22.0. The predicted molar refractivity (Wildman–Crippen MR) is 121 cm³/mol. The topological polar surface area (TPSA) is 78.5 Å². The van der Waals surface area contributed by atoms with E-state index in [1.54, 1.807) is 30.3 Å². The largest absolute Gasteiger partial charge is 0.349 e. The number of carbonyl (C=O) groups is 3. The molecule has 4 rings (SSSR count). The Morgan fingerprint density at radius 2 is 1.71 bits per heavy atom. The Morgan fingerprint density at radius 1 is 1.00 bits per heavy atom. The zero-order valence-corrected chi connectivity index (χ0v) is 18.0. The van der Waals surface area contributed by atoms with Crippen molar-refractivity contribution in [1.82, 2.24) is 4.90 Å². The van der Waals surface area contributed by atoms with E-state index < -0.39 is 11.8 Å². The lowest BCUT2D eigenvalue weighted by atomic mass is 9.94. The lowest BCUT2D eigenvalue weighted by Gasteiger charge is -2.29. The van der Waals surface area contributed by atoms with Crippen molar-refractivity contribution in [1.29, 1.82) is 0 Å². The van der Waals surface area contributed by atoms with E-state index in [2.05, 4.69) is 10.6 Å². The molecular formula is C24H24ClN3O3. The SMILES string of the molecule is Cc1ccc(C(=O)Nc2ccccc2)cc1NC1=C(Cl)C(=O)N(C2CCCCC2)C1=O. The highest BCUT2D eigenvalue weighted by Crippen LogP contribution is 2.33. The predicted octanol–water partition coefficient (Wildman–Crippen LogP) is 4.81. The highest BCUT2D eigenvalue weighted by molar-refractivity contribution is 6.48. The average Bonchev–Trinajstić information content (AvgIpc) is 2.99. The van der Waals surface area contributed by atoms with Gasteiger partial charge in [-0.2, -0.15) is 0 Å². The molecule has 0 saturated heterocycles. The molecule has 2 N–H and O–H groups in total. The standard InChI is InChI=1S/C24H24ClN3O3/c1-15-12-13-16(22(29)26-17-8-4-2-5-9-17)14-19(15)27-21-20(25)23(30)28(24(21)31)18-10-6-3-7-11-18/h2,4-5,8-9,12-14,18,27H,3,6-7,10-11H2,1H3,(H,26,29). The van der Waals surface area contributed by atoms with Crippen molar-refractivity contribution < 1.29 is 14.4 Å². The fraction of sp³-hybridized carbons (Fsp3) is 0.292. The number of imide groups is 1. The van der Waals surface area contributed by atoms with Crippen molar-refractivity contribution in [2.24, 2.45) is 0 Å². The number of carbonyl (C=O) groups excluding carboxylic acids is 3. The Hall–Kier alpha value is -3.12. The number of anilines is 2. The van der Waals surface area contributed by atoms with E-state index in [1.807, 2.05) is 25.1 Å². The second kappa shape index (κ2) is 8.94. The second-order valence-electron chi connectivity index (χ2n) is 7.94. The van der Waals surface area contributed by atoms with Gasteiger partial charge in [0.1, 0.15) is 10.7 Å². The molecule has 0 unspecified atom stereocenters. The molecule has 1 fully saturated rings. The van der Waals surface area contributed by atoms with Crippen LogP contribution in [0.1, 0.15) is 48.0 Å². The molecule has 31 heavy (non-hydrogen) atoms. The zero-order valence-electron chi connectivity index (χ0n) is 17.3. The summed E-state index contributed by atoms with van der Waals surface area (Å²) in [5.41, 5.74) is 2.56. The van der Waals surface area contributed by atoms with Crippen LogP contribution in [0.25, 0.3) is 0 Å². The van der Waals surface area contributed by atoms with Crippen LogP contribution in [-0.2, 0) is 9.59 Å². The number of benzene rings is 2. The van der Waals surface area contributed by atoms with Gasteiger partial charge in [-0.25, -0.2) is 0 Å². The Labute approximate surface area is 186 Å². The van der Waals surface area contributed by atoms with Crippen LogP contribution in [0.15, 0.2) is 59.3 Å². The molecule has 3 amide bonds. The van der Waals surface area contributed by atoms with Crippen LogP contribution >= 0.6 is 11.6 Å². The molecule has 1 aliphatic carbocycles. The van der Waals surface area contributed by atoms with Gasteiger partial charge in [-0.3, -0.25) is 19.3 Å². The van der Waals surface area contributed by atoms with Gasteiger partial charge in [0, 0.05) is 23.0 Å². The van der Waals surface area contributed by atoms with Gasteiger partial charge < -0.3 is 10.6 Å². The van der Waals surface area contributed by atoms with Crippen molar-refractivity contribution in [2.75, 3.05) is 10.6 Å². The maximum Gasteiger partial charge on any atom is 0.279 e. The van der Waals surface area contributed by atoms with Crippen LogP contribution in [0.5, 0.6) is 0 Å². The molecule has 1 aliphatic heterocycles. The minimum atomic E-state index is -0.448. The fourth-order valence-corrected chi connectivity index (χ4v) is 4.27. The van der Waals surface area contributed by atoms with E-state index in [1.165, 1.54) is 4.90 Å². The number of halogens is 1. The molecule has 160 valence electrons. The second-order valence-corrected chi connectivity index (χ2v) is 8.31. The molecular weight excluding hydrogens is 414 g/mol. The number of amides is 3. The molecule has 1 saturated carbocycles. The number of nitrogens with zero attached hydrogens (tertiary/aromatic N) is 1. The summed E-state index contributed by atoms with van der Waals surface area (Å²) in [6, 6.07) is 14.2.